The molecule has 0 saturated carbocycles. The van der Waals surface area contributed by atoms with E-state index in [4.69, 9.17) is 9.47 Å². The molecule has 0 bridgehead atoms. The quantitative estimate of drug-likeness (QED) is 0.672. The van der Waals surface area contributed by atoms with E-state index < -0.39 is 0 Å². The van der Waals surface area contributed by atoms with E-state index in [0.717, 1.165) is 11.3 Å². The Hall–Kier alpha value is -3.02. The molecule has 1 aliphatic rings. The van der Waals surface area contributed by atoms with Crippen LogP contribution in [0.2, 0.25) is 0 Å². The molecule has 0 aliphatic carbocycles. The second-order valence-electron chi connectivity index (χ2n) is 4.97. The zero-order valence-corrected chi connectivity index (χ0v) is 12.6. The number of hydrogen-bond acceptors (Lipinski definition) is 5. The summed E-state index contributed by atoms with van der Waals surface area (Å²) in [6.07, 6.45) is 0.645. The number of hydrogen-bond donors (Lipinski definition) is 2. The van der Waals surface area contributed by atoms with Crippen LogP contribution in [0.4, 0.5) is 0 Å². The van der Waals surface area contributed by atoms with Crippen LogP contribution in [0.15, 0.2) is 47.6 Å². The van der Waals surface area contributed by atoms with Crippen LogP contribution in [0.3, 0.4) is 0 Å². The van der Waals surface area contributed by atoms with Gasteiger partial charge in [-0.15, -0.1) is 0 Å². The van der Waals surface area contributed by atoms with E-state index in [1.54, 1.807) is 42.5 Å². The first-order valence-electron chi connectivity index (χ1n) is 7.23. The number of nitrogens with one attached hydrogen (secondary N) is 1. The molecule has 0 spiro atoms. The molecular formula is C17H16N2O4. The maximum atomic E-state index is 12.2. The Kier molecular flexibility index (Phi) is 4.14. The van der Waals surface area contributed by atoms with Gasteiger partial charge in [-0.25, -0.2) is 5.43 Å². The number of ether oxygens (including phenoxy) is 2. The Morgan fingerprint density at radius 2 is 1.83 bits per heavy atom. The maximum Gasteiger partial charge on any atom is 0.271 e. The predicted molar refractivity (Wildman–Crippen MR) is 85.0 cm³/mol. The molecule has 0 fully saturated rings. The van der Waals surface area contributed by atoms with E-state index >= 15 is 0 Å². The lowest BCUT2D eigenvalue weighted by atomic mass is 10.1. The summed E-state index contributed by atoms with van der Waals surface area (Å²) < 4.78 is 10.5. The highest BCUT2D eigenvalue weighted by atomic mass is 16.7. The molecule has 0 saturated heterocycles. The molecule has 1 amide bonds. The van der Waals surface area contributed by atoms with E-state index in [2.05, 4.69) is 10.5 Å². The number of nitrogens with zero attached hydrogens (tertiary/aromatic N) is 1. The summed E-state index contributed by atoms with van der Waals surface area (Å²) in [5.41, 5.74) is 4.55. The lowest BCUT2D eigenvalue weighted by Crippen LogP contribution is -2.19. The van der Waals surface area contributed by atoms with Gasteiger partial charge >= 0.3 is 0 Å². The molecular weight excluding hydrogens is 296 g/mol. The predicted octanol–water partition coefficient (Wildman–Crippen LogP) is 2.67. The Morgan fingerprint density at radius 3 is 2.57 bits per heavy atom. The standard InChI is InChI=1S/C17H16N2O4/c1-2-14(11-3-6-13(20)7-4-11)18-19-17(21)12-5-8-15-16(9-12)23-10-22-15/h3-9,20H,2,10H2,1H3,(H,19,21)/b18-14+. The Morgan fingerprint density at radius 1 is 1.13 bits per heavy atom. The van der Waals surface area contributed by atoms with Crippen LogP contribution in [0.25, 0.3) is 0 Å². The van der Waals surface area contributed by atoms with Crippen molar-refractivity contribution < 1.29 is 19.4 Å². The molecule has 118 valence electrons. The number of phenols is 1. The minimum Gasteiger partial charge on any atom is -0.508 e. The molecule has 6 heteroatoms. The summed E-state index contributed by atoms with van der Waals surface area (Å²) in [4.78, 5) is 12.2. The van der Waals surface area contributed by atoms with Crippen molar-refractivity contribution in [2.45, 2.75) is 13.3 Å². The molecule has 2 aromatic rings. The van der Waals surface area contributed by atoms with Crippen LogP contribution in [0, 0.1) is 0 Å². The summed E-state index contributed by atoms with van der Waals surface area (Å²) in [5.74, 6) is 1.04. The highest BCUT2D eigenvalue weighted by Crippen LogP contribution is 2.32. The first-order valence-corrected chi connectivity index (χ1v) is 7.23. The first kappa shape index (κ1) is 14.9. The Bertz CT molecular complexity index is 754. The number of aromatic hydroxyl groups is 1. The molecule has 2 aromatic carbocycles. The lowest BCUT2D eigenvalue weighted by molar-refractivity contribution is 0.0954. The number of benzene rings is 2. The molecule has 0 atom stereocenters. The molecule has 3 rings (SSSR count). The van der Waals surface area contributed by atoms with Crippen LogP contribution >= 0.6 is 0 Å². The SMILES string of the molecule is CC/C(=N\NC(=O)c1ccc2c(c1)OCO2)c1ccc(O)cc1. The third-order valence-corrected chi connectivity index (χ3v) is 3.46. The van der Waals surface area contributed by atoms with E-state index in [0.29, 0.717) is 23.5 Å². The van der Waals surface area contributed by atoms with Crippen molar-refractivity contribution in [2.24, 2.45) is 5.10 Å². The number of rotatable bonds is 4. The zero-order chi connectivity index (χ0) is 16.2. The van der Waals surface area contributed by atoms with Crippen LogP contribution in [0.1, 0.15) is 29.3 Å². The minimum atomic E-state index is -0.326. The van der Waals surface area contributed by atoms with Crippen molar-refractivity contribution >= 4 is 11.6 Å². The summed E-state index contributed by atoms with van der Waals surface area (Å²) in [6.45, 7) is 2.11. The van der Waals surface area contributed by atoms with E-state index in [1.165, 1.54) is 0 Å². The van der Waals surface area contributed by atoms with Gasteiger partial charge in [-0.3, -0.25) is 4.79 Å². The van der Waals surface area contributed by atoms with Crippen molar-refractivity contribution in [2.75, 3.05) is 6.79 Å². The average Bonchev–Trinajstić information content (AvgIpc) is 3.04. The second-order valence-corrected chi connectivity index (χ2v) is 4.97. The van der Waals surface area contributed by atoms with Gasteiger partial charge in [-0.1, -0.05) is 6.92 Å². The summed E-state index contributed by atoms with van der Waals surface area (Å²) in [5, 5.41) is 13.5. The largest absolute Gasteiger partial charge is 0.508 e. The minimum absolute atomic E-state index is 0.166. The van der Waals surface area contributed by atoms with Gasteiger partial charge in [0, 0.05) is 5.56 Å². The molecule has 23 heavy (non-hydrogen) atoms. The average molecular weight is 312 g/mol. The fraction of sp³-hybridized carbons (Fsp3) is 0.176. The molecule has 6 nitrogen and oxygen atoms in total. The van der Waals surface area contributed by atoms with Crippen LogP contribution in [-0.4, -0.2) is 23.5 Å². The zero-order valence-electron chi connectivity index (χ0n) is 12.6. The smallest absolute Gasteiger partial charge is 0.271 e. The topological polar surface area (TPSA) is 80.2 Å². The molecule has 1 aliphatic heterocycles. The van der Waals surface area contributed by atoms with Gasteiger partial charge in [0.15, 0.2) is 11.5 Å². The van der Waals surface area contributed by atoms with Crippen molar-refractivity contribution in [1.82, 2.24) is 5.43 Å². The highest BCUT2D eigenvalue weighted by molar-refractivity contribution is 6.02. The summed E-state index contributed by atoms with van der Waals surface area (Å²) >= 11 is 0. The Balaban J connectivity index is 1.75. The Labute approximate surface area is 133 Å². The summed E-state index contributed by atoms with van der Waals surface area (Å²) in [7, 11) is 0. The van der Waals surface area contributed by atoms with Crippen molar-refractivity contribution in [3.8, 4) is 17.2 Å². The molecule has 0 aromatic heterocycles. The van der Waals surface area contributed by atoms with Crippen LogP contribution in [0.5, 0.6) is 17.2 Å². The van der Waals surface area contributed by atoms with Gasteiger partial charge in [-0.05, 0) is 54.4 Å². The van der Waals surface area contributed by atoms with Gasteiger partial charge < -0.3 is 14.6 Å². The maximum absolute atomic E-state index is 12.2. The van der Waals surface area contributed by atoms with E-state index in [-0.39, 0.29) is 18.4 Å². The lowest BCUT2D eigenvalue weighted by Gasteiger charge is -2.06. The van der Waals surface area contributed by atoms with Gasteiger partial charge in [0.2, 0.25) is 6.79 Å². The van der Waals surface area contributed by atoms with Gasteiger partial charge in [0.05, 0.1) is 5.71 Å². The highest BCUT2D eigenvalue weighted by Gasteiger charge is 2.16. The van der Waals surface area contributed by atoms with Crippen LogP contribution in [-0.2, 0) is 0 Å². The first-order chi connectivity index (χ1) is 11.2. The fourth-order valence-corrected chi connectivity index (χ4v) is 2.22. The molecule has 2 N–H and O–H groups in total. The van der Waals surface area contributed by atoms with E-state index in [1.807, 2.05) is 6.92 Å². The van der Waals surface area contributed by atoms with Gasteiger partial charge in [0.1, 0.15) is 5.75 Å². The third kappa shape index (κ3) is 3.26. The molecule has 0 unspecified atom stereocenters. The van der Waals surface area contributed by atoms with Gasteiger partial charge in [-0.2, -0.15) is 5.10 Å². The number of amides is 1. The molecule has 0 radical (unpaired) electrons. The van der Waals surface area contributed by atoms with Crippen LogP contribution < -0.4 is 14.9 Å². The number of carbonyl (C=O) groups is 1. The molecule has 1 heterocycles. The second kappa shape index (κ2) is 6.39. The van der Waals surface area contributed by atoms with Crippen molar-refractivity contribution in [3.63, 3.8) is 0 Å². The summed E-state index contributed by atoms with van der Waals surface area (Å²) in [6, 6.07) is 11.7. The van der Waals surface area contributed by atoms with Gasteiger partial charge in [0.25, 0.3) is 5.91 Å². The van der Waals surface area contributed by atoms with Crippen molar-refractivity contribution in [3.05, 3.63) is 53.6 Å². The number of hydrazone groups is 1. The monoisotopic (exact) mass is 312 g/mol. The third-order valence-electron chi connectivity index (χ3n) is 3.46. The van der Waals surface area contributed by atoms with E-state index in [9.17, 15) is 9.90 Å². The normalized spacial score (nSPS) is 13.0. The fourth-order valence-electron chi connectivity index (χ4n) is 2.22. The number of phenolic OH excluding ortho intramolecular Hbond substituents is 1. The number of carbonyl (C=O) groups excluding carboxylic acids is 1. The van der Waals surface area contributed by atoms with Crippen molar-refractivity contribution in [1.29, 1.82) is 0 Å². The number of fused-ring (bicyclic) bond motifs is 1.